The number of amides is 1. The summed E-state index contributed by atoms with van der Waals surface area (Å²) in [5.74, 6) is -2.16. The van der Waals surface area contributed by atoms with Crippen LogP contribution in [-0.4, -0.2) is 81.0 Å². The highest BCUT2D eigenvalue weighted by Gasteiger charge is 2.46. The second kappa shape index (κ2) is 9.84. The van der Waals surface area contributed by atoms with Crippen LogP contribution in [0.4, 0.5) is 0 Å². The van der Waals surface area contributed by atoms with E-state index in [2.05, 4.69) is 0 Å². The summed E-state index contributed by atoms with van der Waals surface area (Å²) >= 11 is 0. The molecule has 1 saturated heterocycles. The molecule has 0 unspecified atom stereocenters. The summed E-state index contributed by atoms with van der Waals surface area (Å²) in [6.45, 7) is 0.224. The van der Waals surface area contributed by atoms with Gasteiger partial charge in [-0.3, -0.25) is 9.59 Å². The topological polar surface area (TPSA) is 134 Å². The van der Waals surface area contributed by atoms with E-state index in [9.17, 15) is 28.2 Å². The fourth-order valence-corrected chi connectivity index (χ4v) is 4.56. The normalized spacial score (nSPS) is 18.0. The summed E-state index contributed by atoms with van der Waals surface area (Å²) in [5.41, 5.74) is 0.425. The zero-order valence-electron chi connectivity index (χ0n) is 19.2. The fraction of sp³-hybridized carbons (Fsp3) is 0.304. The van der Waals surface area contributed by atoms with Crippen molar-refractivity contribution in [3.05, 3.63) is 59.2 Å². The molecule has 1 atom stereocenters. The Bertz CT molecular complexity index is 1240. The van der Waals surface area contributed by atoms with Gasteiger partial charge in [0.15, 0.2) is 11.5 Å². The van der Waals surface area contributed by atoms with Crippen molar-refractivity contribution in [3.8, 4) is 11.5 Å². The number of hydrogen-bond acceptors (Lipinski definition) is 8. The maximum Gasteiger partial charge on any atom is 0.295 e. The van der Waals surface area contributed by atoms with Gasteiger partial charge in [-0.25, -0.2) is 12.7 Å². The van der Waals surface area contributed by atoms with Crippen LogP contribution >= 0.6 is 0 Å². The van der Waals surface area contributed by atoms with E-state index in [0.29, 0.717) is 5.56 Å². The van der Waals surface area contributed by atoms with Crippen molar-refractivity contribution in [1.29, 1.82) is 0 Å². The molecule has 1 heterocycles. The first-order valence-electron chi connectivity index (χ1n) is 10.2. The molecule has 2 N–H and O–H groups in total. The van der Waals surface area contributed by atoms with Gasteiger partial charge in [0.2, 0.25) is 10.0 Å². The number of phenols is 1. The number of hydrogen-bond donors (Lipinski definition) is 2. The zero-order chi connectivity index (χ0) is 25.2. The number of aromatic hydroxyl groups is 1. The number of carbonyl (C=O) groups is 2. The molecule has 11 heteroatoms. The lowest BCUT2D eigenvalue weighted by molar-refractivity contribution is -0.140. The van der Waals surface area contributed by atoms with Gasteiger partial charge in [-0.05, 0) is 42.0 Å². The molecule has 10 nitrogen and oxygen atoms in total. The highest BCUT2D eigenvalue weighted by atomic mass is 32.2. The molecule has 0 aromatic heterocycles. The fourth-order valence-electron chi connectivity index (χ4n) is 3.66. The van der Waals surface area contributed by atoms with Crippen molar-refractivity contribution < 1.29 is 37.7 Å². The maximum absolute atomic E-state index is 13.0. The Hall–Kier alpha value is -3.41. The number of ether oxygens (including phenoxy) is 2. The van der Waals surface area contributed by atoms with Gasteiger partial charge < -0.3 is 24.6 Å². The van der Waals surface area contributed by atoms with Crippen LogP contribution in [0.5, 0.6) is 11.5 Å². The highest BCUT2D eigenvalue weighted by Crippen LogP contribution is 2.41. The first-order valence-corrected chi connectivity index (χ1v) is 11.7. The van der Waals surface area contributed by atoms with Crippen LogP contribution in [0.3, 0.4) is 0 Å². The number of ketones is 1. The quantitative estimate of drug-likeness (QED) is 0.325. The molecule has 2 aromatic carbocycles. The number of Topliss-reactive ketones (excluding diaryl/α,β-unsaturated/α-hetero) is 1. The summed E-state index contributed by atoms with van der Waals surface area (Å²) in [6.07, 6.45) is 0. The average Bonchev–Trinajstić information content (AvgIpc) is 3.07. The molecule has 1 aliphatic heterocycles. The lowest BCUT2D eigenvalue weighted by Crippen LogP contribution is -2.32. The van der Waals surface area contributed by atoms with Gasteiger partial charge in [0.1, 0.15) is 5.76 Å². The Morgan fingerprint density at radius 3 is 2.29 bits per heavy atom. The predicted molar refractivity (Wildman–Crippen MR) is 123 cm³/mol. The highest BCUT2D eigenvalue weighted by molar-refractivity contribution is 7.89. The number of rotatable bonds is 8. The zero-order valence-corrected chi connectivity index (χ0v) is 20.0. The molecule has 3 rings (SSSR count). The molecule has 1 fully saturated rings. The van der Waals surface area contributed by atoms with Crippen molar-refractivity contribution >= 4 is 27.5 Å². The number of carbonyl (C=O) groups excluding carboxylic acids is 2. The van der Waals surface area contributed by atoms with Crippen LogP contribution in [0.2, 0.25) is 0 Å². The first-order chi connectivity index (χ1) is 16.0. The van der Waals surface area contributed by atoms with E-state index in [-0.39, 0.29) is 40.7 Å². The Morgan fingerprint density at radius 2 is 1.74 bits per heavy atom. The number of aliphatic hydroxyl groups is 1. The predicted octanol–water partition coefficient (Wildman–Crippen LogP) is 1.72. The molecule has 0 radical (unpaired) electrons. The number of methoxy groups -OCH3 is 2. The number of phenolic OH excluding ortho intramolecular Hbond substituents is 1. The molecular formula is C23H26N2O8S. The molecular weight excluding hydrogens is 464 g/mol. The van der Waals surface area contributed by atoms with Crippen molar-refractivity contribution in [2.24, 2.45) is 0 Å². The maximum atomic E-state index is 13.0. The molecule has 0 saturated carbocycles. The lowest BCUT2D eigenvalue weighted by Gasteiger charge is -2.25. The number of benzene rings is 2. The third-order valence-electron chi connectivity index (χ3n) is 5.50. The Labute approximate surface area is 197 Å². The number of sulfonamides is 1. The van der Waals surface area contributed by atoms with E-state index >= 15 is 0 Å². The van der Waals surface area contributed by atoms with Crippen LogP contribution in [0.25, 0.3) is 5.76 Å². The van der Waals surface area contributed by atoms with Crippen molar-refractivity contribution in [2.75, 3.05) is 41.5 Å². The third kappa shape index (κ3) is 4.49. The Balaban J connectivity index is 2.16. The second-order valence-corrected chi connectivity index (χ2v) is 9.88. The number of likely N-dealkylation sites (tertiary alicyclic amines) is 1. The summed E-state index contributed by atoms with van der Waals surface area (Å²) in [4.78, 5) is 27.1. The van der Waals surface area contributed by atoms with Gasteiger partial charge in [0.05, 0.1) is 30.2 Å². The lowest BCUT2D eigenvalue weighted by atomic mass is 9.95. The molecule has 2 aromatic rings. The summed E-state index contributed by atoms with van der Waals surface area (Å²) in [5, 5.41) is 21.0. The standard InChI is InChI=1S/C23H26N2O8S/c1-24(2)34(30,31)16-8-5-14(6-9-16)21(27)19-20(15-7-10-17(26)18(13-15)33-4)25(11-12-32-3)23(29)22(19)28/h5-10,13,20,26-27H,11-12H2,1-4H3/b21-19+/t20-/m1/s1. The van der Waals surface area contributed by atoms with Crippen LogP contribution < -0.4 is 4.74 Å². The van der Waals surface area contributed by atoms with E-state index in [0.717, 1.165) is 4.31 Å². The smallest absolute Gasteiger partial charge is 0.295 e. The SMILES string of the molecule is COCCN1C(=O)C(=O)/C(=C(/O)c2ccc(S(=O)(=O)N(C)C)cc2)[C@H]1c1ccc(O)c(OC)c1. The van der Waals surface area contributed by atoms with Crippen LogP contribution in [0, 0.1) is 0 Å². The van der Waals surface area contributed by atoms with Crippen LogP contribution in [0.1, 0.15) is 17.2 Å². The van der Waals surface area contributed by atoms with Gasteiger partial charge in [0.25, 0.3) is 11.7 Å². The van der Waals surface area contributed by atoms with Crippen LogP contribution in [0.15, 0.2) is 52.9 Å². The number of nitrogens with zero attached hydrogens (tertiary/aromatic N) is 2. The van der Waals surface area contributed by atoms with Gasteiger partial charge in [-0.15, -0.1) is 0 Å². The summed E-state index contributed by atoms with van der Waals surface area (Å²) in [7, 11) is 1.93. The summed E-state index contributed by atoms with van der Waals surface area (Å²) < 4.78 is 36.0. The number of aliphatic hydroxyl groups excluding tert-OH is 1. The molecule has 0 aliphatic carbocycles. The third-order valence-corrected chi connectivity index (χ3v) is 7.33. The minimum absolute atomic E-state index is 0.00872. The second-order valence-electron chi connectivity index (χ2n) is 7.73. The summed E-state index contributed by atoms with van der Waals surface area (Å²) in [6, 6.07) is 8.74. The molecule has 0 spiro atoms. The van der Waals surface area contributed by atoms with E-state index in [1.807, 2.05) is 0 Å². The Kier molecular flexibility index (Phi) is 7.29. The molecule has 0 bridgehead atoms. The van der Waals surface area contributed by atoms with Crippen molar-refractivity contribution in [2.45, 2.75) is 10.9 Å². The first kappa shape index (κ1) is 25.2. The van der Waals surface area contributed by atoms with Gasteiger partial charge in [0, 0.05) is 33.3 Å². The molecule has 34 heavy (non-hydrogen) atoms. The van der Waals surface area contributed by atoms with Crippen LogP contribution in [-0.2, 0) is 24.3 Å². The Morgan fingerprint density at radius 1 is 1.09 bits per heavy atom. The molecule has 1 amide bonds. The van der Waals surface area contributed by atoms with Gasteiger partial charge in [-0.1, -0.05) is 6.07 Å². The van der Waals surface area contributed by atoms with Gasteiger partial charge in [-0.2, -0.15) is 0 Å². The van der Waals surface area contributed by atoms with E-state index < -0.39 is 33.5 Å². The van der Waals surface area contributed by atoms with Crippen molar-refractivity contribution in [3.63, 3.8) is 0 Å². The van der Waals surface area contributed by atoms with Gasteiger partial charge >= 0.3 is 0 Å². The van der Waals surface area contributed by atoms with E-state index in [1.165, 1.54) is 75.7 Å². The van der Waals surface area contributed by atoms with E-state index in [1.54, 1.807) is 0 Å². The largest absolute Gasteiger partial charge is 0.507 e. The van der Waals surface area contributed by atoms with E-state index in [4.69, 9.17) is 9.47 Å². The minimum Gasteiger partial charge on any atom is -0.507 e. The molecule has 1 aliphatic rings. The monoisotopic (exact) mass is 490 g/mol. The minimum atomic E-state index is -3.69. The molecule has 182 valence electrons. The van der Waals surface area contributed by atoms with Crippen molar-refractivity contribution in [1.82, 2.24) is 9.21 Å². The average molecular weight is 491 g/mol.